The molecule has 2 saturated carbocycles. The minimum absolute atomic E-state index is 0.169. The van der Waals surface area contributed by atoms with Crippen LogP contribution in [0.5, 0.6) is 5.75 Å². The number of aromatic amines is 1. The molecule has 0 radical (unpaired) electrons. The number of benzene rings is 2. The molecule has 1 aromatic heterocycles. The van der Waals surface area contributed by atoms with E-state index in [1.165, 1.54) is 6.07 Å². The number of nitrogens with one attached hydrogen (secondary N) is 1. The van der Waals surface area contributed by atoms with E-state index in [1.54, 1.807) is 12.3 Å². The fourth-order valence-electron chi connectivity index (χ4n) is 6.99. The van der Waals surface area contributed by atoms with Crippen LogP contribution >= 0.6 is 0 Å². The van der Waals surface area contributed by atoms with Crippen molar-refractivity contribution < 1.29 is 35.3 Å². The second kappa shape index (κ2) is 9.48. The fraction of sp³-hybridized carbons (Fsp3) is 0.484. The monoisotopic (exact) mass is 615 g/mol. The number of fused-ring (bicyclic) bond motifs is 4. The number of ether oxygens (including phenoxy) is 1. The van der Waals surface area contributed by atoms with E-state index in [4.69, 9.17) is 4.74 Å². The van der Waals surface area contributed by atoms with E-state index < -0.39 is 21.2 Å². The average molecular weight is 616 g/mol. The first kappa shape index (κ1) is 28.2. The standard InChI is InChI=1S/C31H32F3N3O5S/c1-30(2,3)41-29(38)37-24-13-19(24)14-25(37)28-35-15-23(36-28)17-6-4-16(5-7-17)20-10-11-26(42-43(39,40)31(32,33)34)22-12-18-8-9-21(18)27(20)22/h4-7,10-11,15,18-19,21,24-25H,8-9,12-14H2,1-3H3,(H,35,36)/t18?,19?,21?,24?,25-/m0/s1. The van der Waals surface area contributed by atoms with Crippen molar-refractivity contribution in [2.45, 2.75) is 82.0 Å². The van der Waals surface area contributed by atoms with Gasteiger partial charge in [-0.25, -0.2) is 9.78 Å². The molecule has 4 unspecified atom stereocenters. The van der Waals surface area contributed by atoms with Crippen molar-refractivity contribution in [3.05, 3.63) is 59.5 Å². The van der Waals surface area contributed by atoms with Crippen LogP contribution in [0, 0.1) is 11.8 Å². The SMILES string of the molecule is CC(C)(C)OC(=O)N1C2CC2C[C@H]1c1ncc(-c2ccc(-c3ccc(OS(=O)(=O)C(F)(F)F)c4c3C3CCC3C4)cc2)[nH]1. The van der Waals surface area contributed by atoms with Gasteiger partial charge in [0.25, 0.3) is 0 Å². The smallest absolute Gasteiger partial charge is 0.444 e. The topological polar surface area (TPSA) is 102 Å². The Hall–Kier alpha value is -3.54. The number of halogens is 3. The van der Waals surface area contributed by atoms with Gasteiger partial charge in [-0.3, -0.25) is 4.90 Å². The first-order valence-electron chi connectivity index (χ1n) is 14.5. The van der Waals surface area contributed by atoms with E-state index in [1.807, 2.05) is 49.9 Å². The molecule has 5 atom stereocenters. The quantitative estimate of drug-likeness (QED) is 0.243. The number of piperidine rings is 1. The number of amides is 1. The van der Waals surface area contributed by atoms with Crippen LogP contribution in [0.3, 0.4) is 0 Å². The van der Waals surface area contributed by atoms with Gasteiger partial charge in [0.05, 0.1) is 17.9 Å². The molecule has 0 bridgehead atoms. The molecule has 8 nitrogen and oxygen atoms in total. The molecule has 7 rings (SSSR count). The summed E-state index contributed by atoms with van der Waals surface area (Å²) in [4.78, 5) is 22.8. The summed E-state index contributed by atoms with van der Waals surface area (Å²) in [6.07, 6.45) is 5.60. The molecule has 1 saturated heterocycles. The number of H-pyrrole nitrogens is 1. The van der Waals surface area contributed by atoms with Crippen LogP contribution in [-0.4, -0.2) is 46.5 Å². The number of alkyl halides is 3. The number of hydrogen-bond donors (Lipinski definition) is 1. The Balaban J connectivity index is 1.14. The van der Waals surface area contributed by atoms with Crippen LogP contribution in [0.4, 0.5) is 18.0 Å². The van der Waals surface area contributed by atoms with E-state index in [0.29, 0.717) is 17.9 Å². The summed E-state index contributed by atoms with van der Waals surface area (Å²) in [5.74, 6) is 1.39. The van der Waals surface area contributed by atoms with Gasteiger partial charge in [-0.05, 0) is 98.9 Å². The Kier molecular flexibility index (Phi) is 6.23. The Morgan fingerprint density at radius 3 is 2.37 bits per heavy atom. The van der Waals surface area contributed by atoms with Gasteiger partial charge in [0.1, 0.15) is 17.2 Å². The lowest BCUT2D eigenvalue weighted by atomic mass is 9.73. The van der Waals surface area contributed by atoms with Crippen LogP contribution < -0.4 is 4.18 Å². The molecule has 0 spiro atoms. The third kappa shape index (κ3) is 4.87. The van der Waals surface area contributed by atoms with Gasteiger partial charge in [0, 0.05) is 11.6 Å². The molecule has 3 aliphatic carbocycles. The summed E-state index contributed by atoms with van der Waals surface area (Å²) >= 11 is 0. The Morgan fingerprint density at radius 1 is 1.00 bits per heavy atom. The number of likely N-dealkylation sites (tertiary alicyclic amines) is 1. The molecule has 2 aromatic carbocycles. The lowest BCUT2D eigenvalue weighted by Gasteiger charge is -2.31. The predicted molar refractivity (Wildman–Crippen MR) is 152 cm³/mol. The molecular weight excluding hydrogens is 583 g/mol. The minimum Gasteiger partial charge on any atom is -0.444 e. The van der Waals surface area contributed by atoms with Gasteiger partial charge in [-0.2, -0.15) is 21.6 Å². The number of carbonyl (C=O) groups is 1. The minimum atomic E-state index is -5.76. The Bertz CT molecular complexity index is 1710. The van der Waals surface area contributed by atoms with Crippen LogP contribution in [-0.2, 0) is 21.3 Å². The number of rotatable bonds is 5. The van der Waals surface area contributed by atoms with Crippen LogP contribution in [0.1, 0.15) is 75.4 Å². The molecular formula is C31H32F3N3O5S. The number of hydrogen-bond acceptors (Lipinski definition) is 6. The third-order valence-electron chi connectivity index (χ3n) is 9.18. The zero-order valence-corrected chi connectivity index (χ0v) is 24.8. The normalized spacial score (nSPS) is 25.9. The van der Waals surface area contributed by atoms with Gasteiger partial charge < -0.3 is 13.9 Å². The highest BCUT2D eigenvalue weighted by molar-refractivity contribution is 7.88. The van der Waals surface area contributed by atoms with E-state index >= 15 is 0 Å². The van der Waals surface area contributed by atoms with Crippen molar-refractivity contribution in [2.75, 3.05) is 0 Å². The second-order valence-corrected chi connectivity index (χ2v) is 14.6. The number of imidazole rings is 1. The summed E-state index contributed by atoms with van der Waals surface area (Å²) in [7, 11) is -5.76. The molecule has 228 valence electrons. The maximum Gasteiger partial charge on any atom is 0.534 e. The highest BCUT2D eigenvalue weighted by atomic mass is 32.2. The van der Waals surface area contributed by atoms with Crippen LogP contribution in [0.15, 0.2) is 42.6 Å². The highest BCUT2D eigenvalue weighted by Gasteiger charge is 2.56. The van der Waals surface area contributed by atoms with E-state index in [9.17, 15) is 26.4 Å². The van der Waals surface area contributed by atoms with Gasteiger partial charge in [-0.1, -0.05) is 30.3 Å². The van der Waals surface area contributed by atoms with E-state index in [0.717, 1.165) is 59.5 Å². The third-order valence-corrected chi connectivity index (χ3v) is 10.1. The van der Waals surface area contributed by atoms with Crippen molar-refractivity contribution in [2.24, 2.45) is 11.8 Å². The summed E-state index contributed by atoms with van der Waals surface area (Å²) < 4.78 is 72.9. The molecule has 2 heterocycles. The fourth-order valence-corrected chi connectivity index (χ4v) is 7.48. The Morgan fingerprint density at radius 2 is 1.72 bits per heavy atom. The van der Waals surface area contributed by atoms with Gasteiger partial charge in [0.2, 0.25) is 0 Å². The van der Waals surface area contributed by atoms with Crippen molar-refractivity contribution >= 4 is 16.2 Å². The zero-order chi connectivity index (χ0) is 30.5. The van der Waals surface area contributed by atoms with Crippen LogP contribution in [0.2, 0.25) is 0 Å². The molecule has 3 aromatic rings. The van der Waals surface area contributed by atoms with Gasteiger partial charge in [0.15, 0.2) is 0 Å². The molecule has 1 aliphatic heterocycles. The van der Waals surface area contributed by atoms with Crippen molar-refractivity contribution in [3.63, 3.8) is 0 Å². The second-order valence-electron chi connectivity index (χ2n) is 13.1. The summed E-state index contributed by atoms with van der Waals surface area (Å²) in [6.45, 7) is 5.57. The molecule has 3 fully saturated rings. The molecule has 4 aliphatic rings. The molecule has 1 N–H and O–H groups in total. The lowest BCUT2D eigenvalue weighted by molar-refractivity contribution is -0.0500. The van der Waals surface area contributed by atoms with Gasteiger partial charge in [-0.15, -0.1) is 0 Å². The first-order valence-corrected chi connectivity index (χ1v) is 15.9. The van der Waals surface area contributed by atoms with Crippen molar-refractivity contribution in [3.8, 4) is 28.1 Å². The molecule has 1 amide bonds. The first-order chi connectivity index (χ1) is 20.2. The zero-order valence-electron chi connectivity index (χ0n) is 23.9. The summed E-state index contributed by atoms with van der Waals surface area (Å²) in [6, 6.07) is 10.8. The van der Waals surface area contributed by atoms with Crippen molar-refractivity contribution in [1.29, 1.82) is 0 Å². The summed E-state index contributed by atoms with van der Waals surface area (Å²) in [5.41, 5.74) is -1.21. The highest BCUT2D eigenvalue weighted by Crippen LogP contribution is 2.57. The molecule has 12 heteroatoms. The van der Waals surface area contributed by atoms with E-state index in [-0.39, 0.29) is 35.8 Å². The predicted octanol–water partition coefficient (Wildman–Crippen LogP) is 7.09. The number of aromatic nitrogens is 2. The Labute approximate surface area is 247 Å². The molecule has 43 heavy (non-hydrogen) atoms. The summed E-state index contributed by atoms with van der Waals surface area (Å²) in [5, 5.41) is 0. The number of carbonyl (C=O) groups excluding carboxylic acids is 1. The van der Waals surface area contributed by atoms with E-state index in [2.05, 4.69) is 14.2 Å². The number of nitrogens with zero attached hydrogens (tertiary/aromatic N) is 2. The van der Waals surface area contributed by atoms with Crippen LogP contribution in [0.25, 0.3) is 22.4 Å². The lowest BCUT2D eigenvalue weighted by Crippen LogP contribution is -2.38. The average Bonchev–Trinajstić information content (AvgIpc) is 3.21. The maximum absolute atomic E-state index is 13.0. The maximum atomic E-state index is 13.0. The van der Waals surface area contributed by atoms with Crippen molar-refractivity contribution in [1.82, 2.24) is 14.9 Å². The van der Waals surface area contributed by atoms with Gasteiger partial charge >= 0.3 is 21.7 Å². The largest absolute Gasteiger partial charge is 0.534 e.